The molecular formula is C15H18BrN3. The molecule has 0 spiro atoms. The zero-order chi connectivity index (χ0) is 14.0. The molecule has 0 aliphatic heterocycles. The molecule has 2 aromatic rings. The van der Waals surface area contributed by atoms with Gasteiger partial charge < -0.3 is 5.32 Å². The molecule has 0 fully saturated rings. The third kappa shape index (κ3) is 2.95. The van der Waals surface area contributed by atoms with Gasteiger partial charge in [0.2, 0.25) is 0 Å². The van der Waals surface area contributed by atoms with E-state index in [1.807, 2.05) is 26.1 Å². The Labute approximate surface area is 122 Å². The highest BCUT2D eigenvalue weighted by molar-refractivity contribution is 9.10. The van der Waals surface area contributed by atoms with Crippen LogP contribution in [-0.2, 0) is 0 Å². The Morgan fingerprint density at radius 1 is 1.11 bits per heavy atom. The van der Waals surface area contributed by atoms with Crippen LogP contribution in [0.15, 0.2) is 28.7 Å². The van der Waals surface area contributed by atoms with Crippen LogP contribution in [0.4, 0.5) is 5.82 Å². The van der Waals surface area contributed by atoms with Crippen molar-refractivity contribution in [3.05, 3.63) is 40.1 Å². The first-order chi connectivity index (χ1) is 9.02. The lowest BCUT2D eigenvalue weighted by Gasteiger charge is -2.14. The topological polar surface area (TPSA) is 37.8 Å². The third-order valence-corrected chi connectivity index (χ3v) is 3.56. The minimum Gasteiger partial charge on any atom is -0.373 e. The Hall–Kier alpha value is -1.42. The second-order valence-electron chi connectivity index (χ2n) is 4.82. The van der Waals surface area contributed by atoms with Gasteiger partial charge in [-0.25, -0.2) is 9.97 Å². The lowest BCUT2D eigenvalue weighted by Crippen LogP contribution is -2.06. The molecule has 0 bridgehead atoms. The minimum atomic E-state index is 0.307. The highest BCUT2D eigenvalue weighted by Crippen LogP contribution is 2.28. The average Bonchev–Trinajstić information content (AvgIpc) is 2.40. The van der Waals surface area contributed by atoms with Crippen molar-refractivity contribution in [2.24, 2.45) is 0 Å². The van der Waals surface area contributed by atoms with Crippen LogP contribution in [0.5, 0.6) is 0 Å². The van der Waals surface area contributed by atoms with Gasteiger partial charge in [-0.3, -0.25) is 0 Å². The van der Waals surface area contributed by atoms with E-state index in [-0.39, 0.29) is 0 Å². The third-order valence-electron chi connectivity index (χ3n) is 3.03. The van der Waals surface area contributed by atoms with Gasteiger partial charge in [0.1, 0.15) is 11.6 Å². The molecule has 0 saturated carbocycles. The highest BCUT2D eigenvalue weighted by Gasteiger charge is 2.13. The van der Waals surface area contributed by atoms with Crippen molar-refractivity contribution in [2.75, 3.05) is 12.4 Å². The van der Waals surface area contributed by atoms with E-state index in [9.17, 15) is 0 Å². The molecule has 1 heterocycles. The first-order valence-electron chi connectivity index (χ1n) is 6.35. The molecule has 0 saturated heterocycles. The molecule has 0 radical (unpaired) electrons. The van der Waals surface area contributed by atoms with E-state index in [2.05, 4.69) is 52.2 Å². The van der Waals surface area contributed by atoms with E-state index in [1.54, 1.807) is 0 Å². The summed E-state index contributed by atoms with van der Waals surface area (Å²) in [4.78, 5) is 9.28. The van der Waals surface area contributed by atoms with E-state index < -0.39 is 0 Å². The zero-order valence-electron chi connectivity index (χ0n) is 11.7. The summed E-state index contributed by atoms with van der Waals surface area (Å²) in [6.07, 6.45) is 0. The Morgan fingerprint density at radius 2 is 1.74 bits per heavy atom. The van der Waals surface area contributed by atoms with Crippen LogP contribution in [0.25, 0.3) is 11.3 Å². The predicted octanol–water partition coefficient (Wildman–Crippen LogP) is 4.38. The van der Waals surface area contributed by atoms with Crippen molar-refractivity contribution in [1.82, 2.24) is 9.97 Å². The van der Waals surface area contributed by atoms with Crippen LogP contribution < -0.4 is 5.32 Å². The fraction of sp³-hybridized carbons (Fsp3) is 0.333. The van der Waals surface area contributed by atoms with Crippen LogP contribution in [0, 0.1) is 6.92 Å². The average molecular weight is 320 g/mol. The highest BCUT2D eigenvalue weighted by atomic mass is 79.9. The summed E-state index contributed by atoms with van der Waals surface area (Å²) in [5.74, 6) is 2.08. The van der Waals surface area contributed by atoms with Gasteiger partial charge in [0.05, 0.1) is 5.69 Å². The molecule has 0 unspecified atom stereocenters. The first kappa shape index (κ1) is 14.0. The first-order valence-corrected chi connectivity index (χ1v) is 7.14. The van der Waals surface area contributed by atoms with Crippen molar-refractivity contribution in [1.29, 1.82) is 0 Å². The number of anilines is 1. The molecule has 1 N–H and O–H groups in total. The Bertz CT molecular complexity index is 577. The van der Waals surface area contributed by atoms with Gasteiger partial charge in [-0.05, 0) is 19.1 Å². The molecule has 3 nitrogen and oxygen atoms in total. The lowest BCUT2D eigenvalue weighted by atomic mass is 10.1. The molecule has 0 atom stereocenters. The molecule has 1 aromatic carbocycles. The summed E-state index contributed by atoms with van der Waals surface area (Å²) in [5, 5.41) is 3.15. The molecule has 100 valence electrons. The van der Waals surface area contributed by atoms with Crippen LogP contribution in [0.2, 0.25) is 0 Å². The smallest absolute Gasteiger partial charge is 0.133 e. The van der Waals surface area contributed by atoms with Gasteiger partial charge in [-0.15, -0.1) is 0 Å². The van der Waals surface area contributed by atoms with Crippen LogP contribution in [-0.4, -0.2) is 17.0 Å². The quantitative estimate of drug-likeness (QED) is 0.912. The lowest BCUT2D eigenvalue weighted by molar-refractivity contribution is 0.775. The van der Waals surface area contributed by atoms with Crippen molar-refractivity contribution >= 4 is 21.7 Å². The SMILES string of the molecule is CNc1nc(C(C)C)nc(-c2ccc(Br)cc2)c1C. The monoisotopic (exact) mass is 319 g/mol. The number of nitrogens with zero attached hydrogens (tertiary/aromatic N) is 2. The van der Waals surface area contributed by atoms with Gasteiger partial charge in [0.25, 0.3) is 0 Å². The predicted molar refractivity (Wildman–Crippen MR) is 83.5 cm³/mol. The van der Waals surface area contributed by atoms with E-state index in [4.69, 9.17) is 4.98 Å². The van der Waals surface area contributed by atoms with Gasteiger partial charge in [-0.1, -0.05) is 41.9 Å². The number of benzene rings is 1. The molecule has 0 aliphatic carbocycles. The fourth-order valence-electron chi connectivity index (χ4n) is 1.92. The molecule has 4 heteroatoms. The van der Waals surface area contributed by atoms with Crippen LogP contribution in [0.3, 0.4) is 0 Å². The van der Waals surface area contributed by atoms with Crippen molar-refractivity contribution in [3.63, 3.8) is 0 Å². The number of nitrogens with one attached hydrogen (secondary N) is 1. The molecule has 19 heavy (non-hydrogen) atoms. The summed E-state index contributed by atoms with van der Waals surface area (Å²) in [5.41, 5.74) is 3.19. The van der Waals surface area contributed by atoms with Crippen LogP contribution in [0.1, 0.15) is 31.2 Å². The maximum atomic E-state index is 4.71. The van der Waals surface area contributed by atoms with Crippen LogP contribution >= 0.6 is 15.9 Å². The van der Waals surface area contributed by atoms with Gasteiger partial charge in [-0.2, -0.15) is 0 Å². The molecular weight excluding hydrogens is 302 g/mol. The summed E-state index contributed by atoms with van der Waals surface area (Å²) >= 11 is 3.46. The second kappa shape index (κ2) is 5.70. The largest absolute Gasteiger partial charge is 0.373 e. The summed E-state index contributed by atoms with van der Waals surface area (Å²) in [7, 11) is 1.89. The number of hydrogen-bond acceptors (Lipinski definition) is 3. The van der Waals surface area contributed by atoms with Gasteiger partial charge in [0.15, 0.2) is 0 Å². The Kier molecular flexibility index (Phi) is 4.20. The second-order valence-corrected chi connectivity index (χ2v) is 5.73. The van der Waals surface area contributed by atoms with E-state index in [1.165, 1.54) is 0 Å². The zero-order valence-corrected chi connectivity index (χ0v) is 13.2. The summed E-state index contributed by atoms with van der Waals surface area (Å²) < 4.78 is 1.07. The maximum absolute atomic E-state index is 4.71. The fourth-order valence-corrected chi connectivity index (χ4v) is 2.19. The summed E-state index contributed by atoms with van der Waals surface area (Å²) in [6, 6.07) is 8.21. The van der Waals surface area contributed by atoms with Gasteiger partial charge in [0, 0.05) is 28.6 Å². The van der Waals surface area contributed by atoms with Crippen molar-refractivity contribution in [2.45, 2.75) is 26.7 Å². The maximum Gasteiger partial charge on any atom is 0.133 e. The number of halogens is 1. The van der Waals surface area contributed by atoms with Crippen molar-refractivity contribution in [3.8, 4) is 11.3 Å². The van der Waals surface area contributed by atoms with Gasteiger partial charge >= 0.3 is 0 Å². The molecule has 1 aromatic heterocycles. The normalized spacial score (nSPS) is 10.8. The van der Waals surface area contributed by atoms with E-state index in [0.717, 1.165) is 32.9 Å². The summed E-state index contributed by atoms with van der Waals surface area (Å²) in [6.45, 7) is 6.26. The molecule has 0 amide bonds. The van der Waals surface area contributed by atoms with E-state index >= 15 is 0 Å². The number of aromatic nitrogens is 2. The standard InChI is InChI=1S/C15H18BrN3/c1-9(2)14-18-13(10(3)15(17-4)19-14)11-5-7-12(16)8-6-11/h5-9H,1-4H3,(H,17,18,19). The number of rotatable bonds is 3. The Balaban J connectivity index is 2.61. The van der Waals surface area contributed by atoms with Crippen molar-refractivity contribution < 1.29 is 0 Å². The Morgan fingerprint density at radius 3 is 2.26 bits per heavy atom. The number of hydrogen-bond donors (Lipinski definition) is 1. The molecule has 0 aliphatic rings. The minimum absolute atomic E-state index is 0.307. The van der Waals surface area contributed by atoms with E-state index in [0.29, 0.717) is 5.92 Å². The molecule has 2 rings (SSSR count).